The van der Waals surface area contributed by atoms with Gasteiger partial charge in [-0.1, -0.05) is 42.5 Å². The fourth-order valence-corrected chi connectivity index (χ4v) is 4.00. The highest BCUT2D eigenvalue weighted by Crippen LogP contribution is 2.22. The van der Waals surface area contributed by atoms with E-state index >= 15 is 0 Å². The van der Waals surface area contributed by atoms with Gasteiger partial charge in [0.05, 0.1) is 5.75 Å². The van der Waals surface area contributed by atoms with Crippen LogP contribution in [0.4, 0.5) is 0 Å². The molecule has 0 unspecified atom stereocenters. The monoisotopic (exact) mass is 317 g/mol. The first-order valence-corrected chi connectivity index (χ1v) is 9.05. The van der Waals surface area contributed by atoms with Crippen molar-refractivity contribution in [2.75, 3.05) is 0 Å². The van der Waals surface area contributed by atoms with Gasteiger partial charge in [0.1, 0.15) is 0 Å². The van der Waals surface area contributed by atoms with Crippen LogP contribution in [-0.2, 0) is 15.8 Å². The molecule has 0 aliphatic carbocycles. The molecule has 0 fully saturated rings. The summed E-state index contributed by atoms with van der Waals surface area (Å²) < 4.78 is 27.5. The molecular formula is C18H23NO2S. The van der Waals surface area contributed by atoms with Crippen molar-refractivity contribution in [2.24, 2.45) is 0 Å². The smallest absolute Gasteiger partial charge is 0.212 e. The second-order valence-electron chi connectivity index (χ2n) is 5.88. The Morgan fingerprint density at radius 1 is 0.955 bits per heavy atom. The molecule has 0 radical (unpaired) electrons. The predicted octanol–water partition coefficient (Wildman–Crippen LogP) is 3.79. The summed E-state index contributed by atoms with van der Waals surface area (Å²) in [5.74, 6) is 0.00205. The van der Waals surface area contributed by atoms with Gasteiger partial charge in [-0.3, -0.25) is 0 Å². The van der Waals surface area contributed by atoms with Gasteiger partial charge in [-0.25, -0.2) is 13.1 Å². The van der Waals surface area contributed by atoms with Crippen molar-refractivity contribution < 1.29 is 8.42 Å². The number of benzene rings is 2. The van der Waals surface area contributed by atoms with Crippen LogP contribution in [0.1, 0.15) is 40.8 Å². The molecule has 0 amide bonds. The Labute approximate surface area is 133 Å². The van der Waals surface area contributed by atoms with Crippen LogP contribution in [0.5, 0.6) is 0 Å². The molecule has 118 valence electrons. The lowest BCUT2D eigenvalue weighted by Gasteiger charge is -2.18. The predicted molar refractivity (Wildman–Crippen MR) is 91.3 cm³/mol. The zero-order chi connectivity index (χ0) is 16.3. The standard InChI is InChI=1S/C18H23NO2S/c1-13-10-15(3)18(11-14(13)2)16(4)19-22(20,21)12-17-8-6-5-7-9-17/h5-11,16,19H,12H2,1-4H3/t16-/m0/s1. The maximum absolute atomic E-state index is 12.3. The number of hydrogen-bond donors (Lipinski definition) is 1. The van der Waals surface area contributed by atoms with Crippen molar-refractivity contribution in [3.05, 3.63) is 70.3 Å². The van der Waals surface area contributed by atoms with Gasteiger partial charge in [0.15, 0.2) is 0 Å². The fourth-order valence-electron chi connectivity index (χ4n) is 2.62. The van der Waals surface area contributed by atoms with Gasteiger partial charge in [-0.15, -0.1) is 0 Å². The van der Waals surface area contributed by atoms with Crippen LogP contribution in [0.15, 0.2) is 42.5 Å². The average Bonchev–Trinajstić information content (AvgIpc) is 2.42. The molecule has 1 N–H and O–H groups in total. The van der Waals surface area contributed by atoms with E-state index in [1.165, 1.54) is 11.1 Å². The molecule has 0 spiro atoms. The minimum atomic E-state index is -3.37. The molecule has 0 heterocycles. The van der Waals surface area contributed by atoms with Crippen LogP contribution < -0.4 is 4.72 Å². The molecule has 0 aliphatic heterocycles. The summed E-state index contributed by atoms with van der Waals surface area (Å²) in [5, 5.41) is 0. The molecule has 2 aromatic rings. The lowest BCUT2D eigenvalue weighted by molar-refractivity contribution is 0.565. The van der Waals surface area contributed by atoms with Gasteiger partial charge >= 0.3 is 0 Å². The van der Waals surface area contributed by atoms with Gasteiger partial charge in [0, 0.05) is 6.04 Å². The number of sulfonamides is 1. The molecular weight excluding hydrogens is 294 g/mol. The van der Waals surface area contributed by atoms with Crippen molar-refractivity contribution in [2.45, 2.75) is 39.5 Å². The number of hydrogen-bond acceptors (Lipinski definition) is 2. The molecule has 0 aliphatic rings. The van der Waals surface area contributed by atoms with Gasteiger partial charge in [0.2, 0.25) is 10.0 Å². The van der Waals surface area contributed by atoms with Gasteiger partial charge in [-0.2, -0.15) is 0 Å². The zero-order valence-corrected chi connectivity index (χ0v) is 14.4. The summed E-state index contributed by atoms with van der Waals surface area (Å²) in [4.78, 5) is 0. The van der Waals surface area contributed by atoms with E-state index in [0.717, 1.165) is 16.7 Å². The molecule has 1 atom stereocenters. The largest absolute Gasteiger partial charge is 0.216 e. The van der Waals surface area contributed by atoms with Crippen molar-refractivity contribution >= 4 is 10.0 Å². The first kappa shape index (κ1) is 16.7. The lowest BCUT2D eigenvalue weighted by atomic mass is 9.97. The van der Waals surface area contributed by atoms with Crippen LogP contribution in [0.2, 0.25) is 0 Å². The summed E-state index contributed by atoms with van der Waals surface area (Å²) in [6.07, 6.45) is 0. The van der Waals surface area contributed by atoms with E-state index in [1.807, 2.05) is 51.1 Å². The fraction of sp³-hybridized carbons (Fsp3) is 0.333. The topological polar surface area (TPSA) is 46.2 Å². The maximum Gasteiger partial charge on any atom is 0.216 e. The van der Waals surface area contributed by atoms with Gasteiger partial charge < -0.3 is 0 Å². The molecule has 2 aromatic carbocycles. The Morgan fingerprint density at radius 3 is 2.18 bits per heavy atom. The summed E-state index contributed by atoms with van der Waals surface area (Å²) >= 11 is 0. The quantitative estimate of drug-likeness (QED) is 0.912. The van der Waals surface area contributed by atoms with Crippen LogP contribution >= 0.6 is 0 Å². The third-order valence-corrected chi connectivity index (χ3v) is 5.33. The molecule has 0 saturated heterocycles. The number of aryl methyl sites for hydroxylation is 3. The van der Waals surface area contributed by atoms with Gasteiger partial charge in [-0.05, 0) is 55.5 Å². The van der Waals surface area contributed by atoms with Crippen molar-refractivity contribution in [1.29, 1.82) is 0 Å². The Morgan fingerprint density at radius 2 is 1.55 bits per heavy atom. The molecule has 22 heavy (non-hydrogen) atoms. The molecule has 0 bridgehead atoms. The molecule has 2 rings (SSSR count). The highest BCUT2D eigenvalue weighted by molar-refractivity contribution is 7.88. The average molecular weight is 317 g/mol. The first-order chi connectivity index (χ1) is 10.3. The second kappa shape index (κ2) is 6.63. The van der Waals surface area contributed by atoms with E-state index in [0.29, 0.717) is 0 Å². The van der Waals surface area contributed by atoms with E-state index in [1.54, 1.807) is 0 Å². The van der Waals surface area contributed by atoms with Crippen molar-refractivity contribution in [3.63, 3.8) is 0 Å². The maximum atomic E-state index is 12.3. The molecule has 3 nitrogen and oxygen atoms in total. The van der Waals surface area contributed by atoms with E-state index < -0.39 is 10.0 Å². The summed E-state index contributed by atoms with van der Waals surface area (Å²) in [5.41, 5.74) is 5.33. The lowest BCUT2D eigenvalue weighted by Crippen LogP contribution is -2.28. The Balaban J connectivity index is 2.17. The SMILES string of the molecule is Cc1cc(C)c([C@H](C)NS(=O)(=O)Cc2ccccc2)cc1C. The Hall–Kier alpha value is -1.65. The number of nitrogens with one attached hydrogen (secondary N) is 1. The van der Waals surface area contributed by atoms with Crippen LogP contribution in [0.25, 0.3) is 0 Å². The third kappa shape index (κ3) is 4.18. The van der Waals surface area contributed by atoms with Crippen molar-refractivity contribution in [3.8, 4) is 0 Å². The molecule has 4 heteroatoms. The summed E-state index contributed by atoms with van der Waals surface area (Å²) in [7, 11) is -3.37. The minimum absolute atomic E-state index is 0.00205. The molecule has 0 saturated carbocycles. The first-order valence-electron chi connectivity index (χ1n) is 7.40. The van der Waals surface area contributed by atoms with Crippen LogP contribution in [0, 0.1) is 20.8 Å². The minimum Gasteiger partial charge on any atom is -0.212 e. The second-order valence-corrected chi connectivity index (χ2v) is 7.63. The van der Waals surface area contributed by atoms with Gasteiger partial charge in [0.25, 0.3) is 0 Å². The number of rotatable bonds is 5. The van der Waals surface area contributed by atoms with Crippen LogP contribution in [-0.4, -0.2) is 8.42 Å². The van der Waals surface area contributed by atoms with Crippen LogP contribution in [0.3, 0.4) is 0 Å². The summed E-state index contributed by atoms with van der Waals surface area (Å²) in [6.45, 7) is 8.02. The Kier molecular flexibility index (Phi) is 5.04. The zero-order valence-electron chi connectivity index (χ0n) is 13.6. The van der Waals surface area contributed by atoms with E-state index in [2.05, 4.69) is 23.8 Å². The van der Waals surface area contributed by atoms with Crippen molar-refractivity contribution in [1.82, 2.24) is 4.72 Å². The third-order valence-electron chi connectivity index (χ3n) is 3.90. The highest BCUT2D eigenvalue weighted by Gasteiger charge is 2.18. The highest BCUT2D eigenvalue weighted by atomic mass is 32.2. The normalized spacial score (nSPS) is 13.1. The van der Waals surface area contributed by atoms with E-state index in [4.69, 9.17) is 0 Å². The van der Waals surface area contributed by atoms with E-state index in [-0.39, 0.29) is 11.8 Å². The molecule has 0 aromatic heterocycles. The van der Waals surface area contributed by atoms with E-state index in [9.17, 15) is 8.42 Å². The summed E-state index contributed by atoms with van der Waals surface area (Å²) in [6, 6.07) is 13.2. The Bertz CT molecular complexity index is 752.